The normalized spacial score (nSPS) is 17.7. The summed E-state index contributed by atoms with van der Waals surface area (Å²) in [6, 6.07) is 11.9. The van der Waals surface area contributed by atoms with E-state index >= 15 is 0 Å². The Balaban J connectivity index is 1.56. The number of hydrogen-bond donors (Lipinski definition) is 2. The van der Waals surface area contributed by atoms with Crippen LogP contribution >= 0.6 is 0 Å². The summed E-state index contributed by atoms with van der Waals surface area (Å²) >= 11 is 0. The van der Waals surface area contributed by atoms with Crippen molar-refractivity contribution < 1.29 is 14.4 Å². The summed E-state index contributed by atoms with van der Waals surface area (Å²) in [6.45, 7) is 1.92. The fourth-order valence-corrected chi connectivity index (χ4v) is 2.82. The summed E-state index contributed by atoms with van der Waals surface area (Å²) < 4.78 is 0. The third-order valence-corrected chi connectivity index (χ3v) is 4.24. The highest BCUT2D eigenvalue weighted by Crippen LogP contribution is 2.24. The van der Waals surface area contributed by atoms with Gasteiger partial charge in [0.1, 0.15) is 6.04 Å². The number of anilines is 2. The average molecular weight is 352 g/mol. The standard InChI is InChI=1S/C19H20N4O3/c1-13(18(25)22-15-6-5-9-20-11-15)21-19(26)14-10-17(24)23(12-14)16-7-3-2-4-8-16/h2-9,11,13-14H,10,12H2,1H3,(H,21,26)(H,22,25)/t13-,14?/m0/s1. The Morgan fingerprint density at radius 2 is 1.96 bits per heavy atom. The second-order valence-electron chi connectivity index (χ2n) is 6.20. The maximum Gasteiger partial charge on any atom is 0.246 e. The SMILES string of the molecule is C[C@H](NC(=O)C1CC(=O)N(c2ccccc2)C1)C(=O)Nc1cccnc1. The molecule has 26 heavy (non-hydrogen) atoms. The molecular weight excluding hydrogens is 332 g/mol. The van der Waals surface area contributed by atoms with E-state index in [2.05, 4.69) is 15.6 Å². The van der Waals surface area contributed by atoms with Crippen molar-refractivity contribution in [2.75, 3.05) is 16.8 Å². The summed E-state index contributed by atoms with van der Waals surface area (Å²) in [5.41, 5.74) is 1.33. The molecule has 134 valence electrons. The Kier molecular flexibility index (Phi) is 5.26. The number of rotatable bonds is 5. The van der Waals surface area contributed by atoms with Gasteiger partial charge in [0.2, 0.25) is 17.7 Å². The second kappa shape index (κ2) is 7.77. The number of aromatic nitrogens is 1. The van der Waals surface area contributed by atoms with Gasteiger partial charge in [-0.1, -0.05) is 18.2 Å². The zero-order valence-corrected chi connectivity index (χ0v) is 14.4. The van der Waals surface area contributed by atoms with Crippen LogP contribution in [0.2, 0.25) is 0 Å². The van der Waals surface area contributed by atoms with Crippen LogP contribution in [0.15, 0.2) is 54.9 Å². The molecule has 0 spiro atoms. The van der Waals surface area contributed by atoms with Crippen LogP contribution in [0, 0.1) is 5.92 Å². The molecule has 2 N–H and O–H groups in total. The van der Waals surface area contributed by atoms with Crippen molar-refractivity contribution in [3.63, 3.8) is 0 Å². The largest absolute Gasteiger partial charge is 0.344 e. The number of benzene rings is 1. The van der Waals surface area contributed by atoms with Gasteiger partial charge in [0, 0.05) is 24.8 Å². The molecule has 0 aliphatic carbocycles. The molecule has 1 fully saturated rings. The van der Waals surface area contributed by atoms with Crippen molar-refractivity contribution in [1.82, 2.24) is 10.3 Å². The van der Waals surface area contributed by atoms with Crippen molar-refractivity contribution in [2.45, 2.75) is 19.4 Å². The molecule has 0 bridgehead atoms. The highest BCUT2D eigenvalue weighted by atomic mass is 16.2. The molecule has 0 saturated carbocycles. The highest BCUT2D eigenvalue weighted by molar-refractivity contribution is 6.02. The van der Waals surface area contributed by atoms with Gasteiger partial charge < -0.3 is 15.5 Å². The van der Waals surface area contributed by atoms with Crippen LogP contribution in [0.4, 0.5) is 11.4 Å². The Hall–Kier alpha value is -3.22. The van der Waals surface area contributed by atoms with E-state index in [0.29, 0.717) is 12.2 Å². The van der Waals surface area contributed by atoms with Crippen LogP contribution in [0.25, 0.3) is 0 Å². The van der Waals surface area contributed by atoms with Gasteiger partial charge in [-0.2, -0.15) is 0 Å². The minimum atomic E-state index is -0.719. The molecule has 0 radical (unpaired) electrons. The molecule has 3 amide bonds. The average Bonchev–Trinajstić information content (AvgIpc) is 3.05. The molecule has 7 heteroatoms. The summed E-state index contributed by atoms with van der Waals surface area (Å²) in [7, 11) is 0. The molecule has 2 heterocycles. The van der Waals surface area contributed by atoms with Crippen LogP contribution < -0.4 is 15.5 Å². The lowest BCUT2D eigenvalue weighted by atomic mass is 10.1. The van der Waals surface area contributed by atoms with Gasteiger partial charge >= 0.3 is 0 Å². The van der Waals surface area contributed by atoms with E-state index in [1.54, 1.807) is 30.2 Å². The molecule has 2 atom stereocenters. The number of carbonyl (C=O) groups is 3. The van der Waals surface area contributed by atoms with Crippen molar-refractivity contribution in [1.29, 1.82) is 0 Å². The summed E-state index contributed by atoms with van der Waals surface area (Å²) in [5.74, 6) is -1.21. The first-order chi connectivity index (χ1) is 12.5. The maximum absolute atomic E-state index is 12.5. The Bertz CT molecular complexity index is 795. The highest BCUT2D eigenvalue weighted by Gasteiger charge is 2.35. The lowest BCUT2D eigenvalue weighted by Gasteiger charge is -2.18. The van der Waals surface area contributed by atoms with Gasteiger partial charge in [0.15, 0.2) is 0 Å². The molecule has 7 nitrogen and oxygen atoms in total. The molecule has 1 aliphatic heterocycles. The van der Waals surface area contributed by atoms with Gasteiger partial charge in [-0.15, -0.1) is 0 Å². The van der Waals surface area contributed by atoms with Crippen molar-refractivity contribution in [3.05, 3.63) is 54.9 Å². The van der Waals surface area contributed by atoms with Gasteiger partial charge in [-0.3, -0.25) is 19.4 Å². The topological polar surface area (TPSA) is 91.4 Å². The van der Waals surface area contributed by atoms with Crippen molar-refractivity contribution in [2.24, 2.45) is 5.92 Å². The molecule has 2 aromatic rings. The van der Waals surface area contributed by atoms with Gasteiger partial charge in [-0.25, -0.2) is 0 Å². The summed E-state index contributed by atoms with van der Waals surface area (Å²) in [6.07, 6.45) is 3.27. The smallest absolute Gasteiger partial charge is 0.246 e. The quantitative estimate of drug-likeness (QED) is 0.855. The maximum atomic E-state index is 12.5. The van der Waals surface area contributed by atoms with Crippen molar-refractivity contribution in [3.8, 4) is 0 Å². The summed E-state index contributed by atoms with van der Waals surface area (Å²) in [5, 5.41) is 5.37. The number of para-hydroxylation sites is 1. The lowest BCUT2D eigenvalue weighted by molar-refractivity contribution is -0.129. The molecule has 1 aromatic carbocycles. The summed E-state index contributed by atoms with van der Waals surface area (Å²) in [4.78, 5) is 42.4. The number of amides is 3. The van der Waals surface area contributed by atoms with E-state index in [4.69, 9.17) is 0 Å². The number of pyridine rings is 1. The third kappa shape index (κ3) is 4.05. The molecule has 1 aliphatic rings. The predicted molar refractivity (Wildman–Crippen MR) is 97.4 cm³/mol. The fourth-order valence-electron chi connectivity index (χ4n) is 2.82. The number of nitrogens with zero attached hydrogens (tertiary/aromatic N) is 2. The number of nitrogens with one attached hydrogen (secondary N) is 2. The Labute approximate surface area is 151 Å². The first-order valence-electron chi connectivity index (χ1n) is 8.41. The van der Waals surface area contributed by atoms with Crippen LogP contribution in [0.1, 0.15) is 13.3 Å². The van der Waals surface area contributed by atoms with E-state index < -0.39 is 12.0 Å². The first-order valence-corrected chi connectivity index (χ1v) is 8.41. The Morgan fingerprint density at radius 1 is 1.19 bits per heavy atom. The monoisotopic (exact) mass is 352 g/mol. The second-order valence-corrected chi connectivity index (χ2v) is 6.20. The fraction of sp³-hybridized carbons (Fsp3) is 0.263. The van der Waals surface area contributed by atoms with E-state index in [9.17, 15) is 14.4 Å². The third-order valence-electron chi connectivity index (χ3n) is 4.24. The predicted octanol–water partition coefficient (Wildman–Crippen LogP) is 1.58. The van der Waals surface area contributed by atoms with E-state index in [0.717, 1.165) is 5.69 Å². The molecule has 1 saturated heterocycles. The van der Waals surface area contributed by atoms with Crippen LogP contribution in [-0.2, 0) is 14.4 Å². The van der Waals surface area contributed by atoms with Crippen molar-refractivity contribution >= 4 is 29.1 Å². The minimum Gasteiger partial charge on any atom is -0.344 e. The van der Waals surface area contributed by atoms with E-state index in [-0.39, 0.29) is 24.1 Å². The zero-order chi connectivity index (χ0) is 18.5. The minimum absolute atomic E-state index is 0.0937. The van der Waals surface area contributed by atoms with E-state index in [1.165, 1.54) is 6.20 Å². The van der Waals surface area contributed by atoms with E-state index in [1.807, 2.05) is 30.3 Å². The van der Waals surface area contributed by atoms with Crippen LogP contribution in [0.5, 0.6) is 0 Å². The van der Waals surface area contributed by atoms with Gasteiger partial charge in [0.05, 0.1) is 17.8 Å². The molecule has 1 aromatic heterocycles. The molecular formula is C19H20N4O3. The first kappa shape index (κ1) is 17.6. The zero-order valence-electron chi connectivity index (χ0n) is 14.4. The van der Waals surface area contributed by atoms with Gasteiger partial charge in [0.25, 0.3) is 0 Å². The van der Waals surface area contributed by atoms with Crippen LogP contribution in [0.3, 0.4) is 0 Å². The van der Waals surface area contributed by atoms with Crippen LogP contribution in [-0.4, -0.2) is 35.3 Å². The number of hydrogen-bond acceptors (Lipinski definition) is 4. The molecule has 1 unspecified atom stereocenters. The van der Waals surface area contributed by atoms with Gasteiger partial charge in [-0.05, 0) is 31.2 Å². The number of carbonyl (C=O) groups excluding carboxylic acids is 3. The lowest BCUT2D eigenvalue weighted by Crippen LogP contribution is -2.44. The molecule has 3 rings (SSSR count). The Morgan fingerprint density at radius 3 is 2.65 bits per heavy atom.